The minimum atomic E-state index is 0.00646. The summed E-state index contributed by atoms with van der Waals surface area (Å²) in [4.78, 5) is 4.08. The third-order valence-electron chi connectivity index (χ3n) is 2.80. The van der Waals surface area contributed by atoms with Crippen LogP contribution in [0.3, 0.4) is 0 Å². The first kappa shape index (κ1) is 10.5. The molecule has 0 unspecified atom stereocenters. The highest BCUT2D eigenvalue weighted by atomic mass is 15.3. The van der Waals surface area contributed by atoms with Crippen LogP contribution < -0.4 is 5.73 Å². The summed E-state index contributed by atoms with van der Waals surface area (Å²) in [6, 6.07) is 9.59. The van der Waals surface area contributed by atoms with E-state index in [0.29, 0.717) is 11.3 Å². The van der Waals surface area contributed by atoms with E-state index in [2.05, 4.69) is 10.1 Å². The van der Waals surface area contributed by atoms with Crippen LogP contribution in [-0.2, 0) is 0 Å². The Hall–Kier alpha value is -2.69. The molecule has 3 rings (SSSR count). The van der Waals surface area contributed by atoms with E-state index in [9.17, 15) is 0 Å². The molecule has 2 heterocycles. The molecule has 0 atom stereocenters. The molecule has 1 aromatic carbocycles. The Balaban J connectivity index is 2.30. The number of nitrogens with zero attached hydrogens (tertiary/aromatic N) is 3. The van der Waals surface area contributed by atoms with E-state index >= 15 is 0 Å². The van der Waals surface area contributed by atoms with Crippen LogP contribution in [0.1, 0.15) is 5.56 Å². The van der Waals surface area contributed by atoms with Gasteiger partial charge in [-0.25, -0.2) is 4.68 Å². The molecule has 88 valence electrons. The second kappa shape index (κ2) is 3.96. The number of para-hydroxylation sites is 1. The molecule has 0 spiro atoms. The molecule has 0 aliphatic heterocycles. The number of nitrogens with two attached hydrogens (primary N) is 1. The lowest BCUT2D eigenvalue weighted by Crippen LogP contribution is -2.15. The fourth-order valence-corrected chi connectivity index (χ4v) is 1.95. The van der Waals surface area contributed by atoms with Crippen LogP contribution >= 0.6 is 0 Å². The summed E-state index contributed by atoms with van der Waals surface area (Å²) >= 11 is 0. The maximum absolute atomic E-state index is 7.60. The van der Waals surface area contributed by atoms with Gasteiger partial charge in [-0.15, -0.1) is 0 Å². The monoisotopic (exact) mass is 237 g/mol. The molecule has 0 saturated heterocycles. The van der Waals surface area contributed by atoms with E-state index < -0.39 is 0 Å². The van der Waals surface area contributed by atoms with Gasteiger partial charge < -0.3 is 5.73 Å². The lowest BCUT2D eigenvalue weighted by Gasteiger charge is -2.08. The van der Waals surface area contributed by atoms with Gasteiger partial charge in [-0.2, -0.15) is 5.10 Å². The van der Waals surface area contributed by atoms with Gasteiger partial charge in [0, 0.05) is 17.1 Å². The average Bonchev–Trinajstić information content (AvgIpc) is 2.82. The van der Waals surface area contributed by atoms with E-state index in [1.165, 1.54) is 0 Å². The van der Waals surface area contributed by atoms with Gasteiger partial charge in [0.2, 0.25) is 0 Å². The Bertz CT molecular complexity index is 729. The summed E-state index contributed by atoms with van der Waals surface area (Å²) in [5, 5.41) is 13.0. The molecule has 0 radical (unpaired) electrons. The summed E-state index contributed by atoms with van der Waals surface area (Å²) in [6.07, 6.45) is 5.06. The number of hydrogen-bond acceptors (Lipinski definition) is 3. The predicted octanol–water partition coefficient (Wildman–Crippen LogP) is 1.70. The first-order valence-electron chi connectivity index (χ1n) is 5.49. The molecule has 18 heavy (non-hydrogen) atoms. The number of amidine groups is 1. The Labute approximate surface area is 103 Å². The highest BCUT2D eigenvalue weighted by Crippen LogP contribution is 2.19. The zero-order valence-corrected chi connectivity index (χ0v) is 9.54. The predicted molar refractivity (Wildman–Crippen MR) is 69.9 cm³/mol. The second-order valence-corrected chi connectivity index (χ2v) is 3.92. The van der Waals surface area contributed by atoms with E-state index in [-0.39, 0.29) is 5.84 Å². The van der Waals surface area contributed by atoms with Gasteiger partial charge in [-0.05, 0) is 12.1 Å². The number of nitrogens with one attached hydrogen (secondary N) is 1. The second-order valence-electron chi connectivity index (χ2n) is 3.92. The van der Waals surface area contributed by atoms with E-state index in [1.807, 2.05) is 24.3 Å². The first-order chi connectivity index (χ1) is 8.77. The van der Waals surface area contributed by atoms with Gasteiger partial charge in [0.05, 0.1) is 23.6 Å². The van der Waals surface area contributed by atoms with Crippen molar-refractivity contribution in [3.05, 3.63) is 54.5 Å². The fourth-order valence-electron chi connectivity index (χ4n) is 1.95. The van der Waals surface area contributed by atoms with E-state index in [1.54, 1.807) is 29.3 Å². The van der Waals surface area contributed by atoms with Gasteiger partial charge >= 0.3 is 0 Å². The van der Waals surface area contributed by atoms with Gasteiger partial charge in [-0.1, -0.05) is 18.2 Å². The molecule has 2 aromatic heterocycles. The first-order valence-corrected chi connectivity index (χ1v) is 5.49. The quantitative estimate of drug-likeness (QED) is 0.526. The number of hydrogen-bond donors (Lipinski definition) is 2. The van der Waals surface area contributed by atoms with Crippen molar-refractivity contribution < 1.29 is 0 Å². The van der Waals surface area contributed by atoms with Crippen LogP contribution in [0.4, 0.5) is 0 Å². The SMILES string of the molecule is N=C(N)c1ccncc1-n1ncc2ccccc21. The Morgan fingerprint density at radius 1 is 1.17 bits per heavy atom. The molecule has 5 heteroatoms. The number of aromatic nitrogens is 3. The summed E-state index contributed by atoms with van der Waals surface area (Å²) < 4.78 is 1.75. The molecule has 0 aliphatic rings. The molecule has 0 fully saturated rings. The Morgan fingerprint density at radius 2 is 2.00 bits per heavy atom. The number of benzene rings is 1. The smallest absolute Gasteiger partial charge is 0.125 e. The lowest BCUT2D eigenvalue weighted by molar-refractivity contribution is 0.900. The third-order valence-corrected chi connectivity index (χ3v) is 2.80. The minimum absolute atomic E-state index is 0.00646. The molecular formula is C13H11N5. The van der Waals surface area contributed by atoms with Gasteiger partial charge in [0.15, 0.2) is 0 Å². The van der Waals surface area contributed by atoms with Crippen LogP contribution in [0.5, 0.6) is 0 Å². The molecule has 0 bridgehead atoms. The van der Waals surface area contributed by atoms with Crippen LogP contribution in [0.2, 0.25) is 0 Å². The van der Waals surface area contributed by atoms with Crippen molar-refractivity contribution in [3.63, 3.8) is 0 Å². The van der Waals surface area contributed by atoms with Crippen molar-refractivity contribution in [2.45, 2.75) is 0 Å². The highest BCUT2D eigenvalue weighted by Gasteiger charge is 2.10. The maximum atomic E-state index is 7.60. The van der Waals surface area contributed by atoms with Crippen molar-refractivity contribution in [2.75, 3.05) is 0 Å². The lowest BCUT2D eigenvalue weighted by atomic mass is 10.2. The van der Waals surface area contributed by atoms with Crippen molar-refractivity contribution in [1.29, 1.82) is 5.41 Å². The highest BCUT2D eigenvalue weighted by molar-refractivity contribution is 5.98. The Kier molecular flexibility index (Phi) is 2.30. The molecule has 3 N–H and O–H groups in total. The van der Waals surface area contributed by atoms with Crippen molar-refractivity contribution in [3.8, 4) is 5.69 Å². The number of pyridine rings is 1. The molecule has 0 amide bonds. The summed E-state index contributed by atoms with van der Waals surface area (Å²) in [5.41, 5.74) is 7.88. The van der Waals surface area contributed by atoms with Crippen molar-refractivity contribution in [1.82, 2.24) is 14.8 Å². The number of fused-ring (bicyclic) bond motifs is 1. The average molecular weight is 237 g/mol. The van der Waals surface area contributed by atoms with Crippen molar-refractivity contribution in [2.24, 2.45) is 5.73 Å². The summed E-state index contributed by atoms with van der Waals surface area (Å²) in [6.45, 7) is 0. The third kappa shape index (κ3) is 1.53. The van der Waals surface area contributed by atoms with Crippen molar-refractivity contribution >= 4 is 16.7 Å². The fraction of sp³-hybridized carbons (Fsp3) is 0. The minimum Gasteiger partial charge on any atom is -0.384 e. The normalized spacial score (nSPS) is 10.7. The zero-order chi connectivity index (χ0) is 12.5. The standard InChI is InChI=1S/C13H11N5/c14-13(15)10-5-6-16-8-12(10)18-11-4-2-1-3-9(11)7-17-18/h1-8H,(H3,14,15). The molecule has 0 aliphatic carbocycles. The van der Waals surface area contributed by atoms with Crippen LogP contribution in [0, 0.1) is 5.41 Å². The number of rotatable bonds is 2. The zero-order valence-electron chi connectivity index (χ0n) is 9.54. The van der Waals surface area contributed by atoms with Gasteiger partial charge in [0.25, 0.3) is 0 Å². The molecule has 0 saturated carbocycles. The molecule has 5 nitrogen and oxygen atoms in total. The molecular weight excluding hydrogens is 226 g/mol. The Morgan fingerprint density at radius 3 is 2.83 bits per heavy atom. The van der Waals surface area contributed by atoms with Gasteiger partial charge in [-0.3, -0.25) is 10.4 Å². The topological polar surface area (TPSA) is 80.6 Å². The molecule has 3 aromatic rings. The van der Waals surface area contributed by atoms with Crippen LogP contribution in [0.15, 0.2) is 48.9 Å². The van der Waals surface area contributed by atoms with E-state index in [4.69, 9.17) is 11.1 Å². The maximum Gasteiger partial charge on any atom is 0.125 e. The van der Waals surface area contributed by atoms with Gasteiger partial charge in [0.1, 0.15) is 5.84 Å². The van der Waals surface area contributed by atoms with Crippen LogP contribution in [-0.4, -0.2) is 20.6 Å². The van der Waals surface area contributed by atoms with E-state index in [0.717, 1.165) is 10.9 Å². The van der Waals surface area contributed by atoms with Crippen LogP contribution in [0.25, 0.3) is 16.6 Å². The summed E-state index contributed by atoms with van der Waals surface area (Å²) in [7, 11) is 0. The number of nitrogen functional groups attached to an aromatic ring is 1. The largest absolute Gasteiger partial charge is 0.384 e. The summed E-state index contributed by atoms with van der Waals surface area (Å²) in [5.74, 6) is 0.00646.